The lowest BCUT2D eigenvalue weighted by Crippen LogP contribution is -2.39. The predicted octanol–water partition coefficient (Wildman–Crippen LogP) is 1.97. The van der Waals surface area contributed by atoms with Gasteiger partial charge in [0.15, 0.2) is 5.13 Å². The summed E-state index contributed by atoms with van der Waals surface area (Å²) >= 11 is 1.45. The molecule has 1 heterocycles. The maximum absolute atomic E-state index is 12.2. The number of aryl methyl sites for hydroxylation is 2. The summed E-state index contributed by atoms with van der Waals surface area (Å²) in [6.45, 7) is 5.09. The van der Waals surface area contributed by atoms with Crippen LogP contribution in [0, 0.1) is 19.8 Å². The van der Waals surface area contributed by atoms with E-state index in [9.17, 15) is 9.59 Å². The van der Waals surface area contributed by atoms with Gasteiger partial charge in [-0.3, -0.25) is 9.59 Å². The van der Waals surface area contributed by atoms with Crippen LogP contribution in [-0.4, -0.2) is 48.5 Å². The molecule has 122 valence electrons. The summed E-state index contributed by atoms with van der Waals surface area (Å²) in [6, 6.07) is 0. The minimum absolute atomic E-state index is 0.0801. The quantitative estimate of drug-likeness (QED) is 0.742. The lowest BCUT2D eigenvalue weighted by molar-refractivity contribution is -0.136. The molecule has 0 atom stereocenters. The Morgan fingerprint density at radius 3 is 2.68 bits per heavy atom. The van der Waals surface area contributed by atoms with Crippen LogP contribution in [0.2, 0.25) is 0 Å². The van der Waals surface area contributed by atoms with Crippen molar-refractivity contribution in [3.63, 3.8) is 0 Å². The molecule has 0 aliphatic heterocycles. The molecule has 1 aliphatic rings. The van der Waals surface area contributed by atoms with Crippen LogP contribution in [0.3, 0.4) is 0 Å². The molecule has 2 amide bonds. The highest BCUT2D eigenvalue weighted by atomic mass is 32.1. The van der Waals surface area contributed by atoms with Crippen LogP contribution in [0.15, 0.2) is 0 Å². The van der Waals surface area contributed by atoms with Gasteiger partial charge in [-0.2, -0.15) is 0 Å². The fourth-order valence-corrected chi connectivity index (χ4v) is 2.94. The van der Waals surface area contributed by atoms with Gasteiger partial charge in [0.05, 0.1) is 12.2 Å². The van der Waals surface area contributed by atoms with Crippen molar-refractivity contribution in [1.29, 1.82) is 0 Å². The number of hydrogen-bond donors (Lipinski definition) is 1. The van der Waals surface area contributed by atoms with Gasteiger partial charge in [-0.25, -0.2) is 4.98 Å². The van der Waals surface area contributed by atoms with E-state index in [4.69, 9.17) is 4.74 Å². The van der Waals surface area contributed by atoms with Gasteiger partial charge in [0, 0.05) is 31.1 Å². The minimum atomic E-state index is -0.194. The third kappa shape index (κ3) is 4.78. The van der Waals surface area contributed by atoms with Crippen molar-refractivity contribution in [2.24, 2.45) is 5.92 Å². The van der Waals surface area contributed by atoms with Crippen LogP contribution < -0.4 is 5.32 Å². The summed E-state index contributed by atoms with van der Waals surface area (Å²) in [6.07, 6.45) is 2.61. The summed E-state index contributed by atoms with van der Waals surface area (Å²) in [5.74, 6) is -0.00221. The number of carbonyl (C=O) groups excluding carboxylic acids is 2. The van der Waals surface area contributed by atoms with Gasteiger partial charge in [0.1, 0.15) is 0 Å². The molecule has 6 nitrogen and oxygen atoms in total. The number of thiazole rings is 1. The number of nitrogens with zero attached hydrogens (tertiary/aromatic N) is 2. The first-order chi connectivity index (χ1) is 10.5. The van der Waals surface area contributed by atoms with E-state index < -0.39 is 0 Å². The smallest absolute Gasteiger partial charge is 0.245 e. The summed E-state index contributed by atoms with van der Waals surface area (Å²) in [5.41, 5.74) is 0.923. The predicted molar refractivity (Wildman–Crippen MR) is 86.0 cm³/mol. The Morgan fingerprint density at radius 2 is 2.14 bits per heavy atom. The molecule has 0 aromatic carbocycles. The highest BCUT2D eigenvalue weighted by Crippen LogP contribution is 2.31. The largest absolute Gasteiger partial charge is 0.385 e. The van der Waals surface area contributed by atoms with E-state index in [0.29, 0.717) is 18.3 Å². The van der Waals surface area contributed by atoms with Crippen molar-refractivity contribution in [2.45, 2.75) is 33.1 Å². The lowest BCUT2D eigenvalue weighted by Gasteiger charge is -2.21. The van der Waals surface area contributed by atoms with Gasteiger partial charge in [0.25, 0.3) is 0 Å². The summed E-state index contributed by atoms with van der Waals surface area (Å²) in [4.78, 5) is 31.4. The number of nitrogens with one attached hydrogen (secondary N) is 1. The van der Waals surface area contributed by atoms with Crippen LogP contribution in [0.25, 0.3) is 0 Å². The highest BCUT2D eigenvalue weighted by Gasteiger charge is 2.33. The van der Waals surface area contributed by atoms with E-state index in [1.165, 1.54) is 11.3 Å². The van der Waals surface area contributed by atoms with E-state index in [0.717, 1.165) is 29.8 Å². The first kappa shape index (κ1) is 16.9. The molecule has 0 unspecified atom stereocenters. The number of carbonyl (C=O) groups is 2. The summed E-state index contributed by atoms with van der Waals surface area (Å²) in [5, 5.41) is 3.38. The zero-order chi connectivity index (χ0) is 16.1. The maximum Gasteiger partial charge on any atom is 0.245 e. The molecule has 0 radical (unpaired) electrons. The molecule has 0 spiro atoms. The molecule has 1 fully saturated rings. The normalized spacial score (nSPS) is 14.0. The third-order valence-electron chi connectivity index (χ3n) is 3.62. The average Bonchev–Trinajstić information content (AvgIpc) is 3.25. The SMILES string of the molecule is COCCCN(CC(=O)Nc1nc(C)c(C)s1)C(=O)C1CC1. The Labute approximate surface area is 134 Å². The van der Waals surface area contributed by atoms with E-state index in [1.54, 1.807) is 12.0 Å². The third-order valence-corrected chi connectivity index (χ3v) is 4.61. The summed E-state index contributed by atoms with van der Waals surface area (Å²) < 4.78 is 5.02. The van der Waals surface area contributed by atoms with Crippen molar-refractivity contribution < 1.29 is 14.3 Å². The Kier molecular flexibility index (Phi) is 5.90. The van der Waals surface area contributed by atoms with E-state index in [2.05, 4.69) is 10.3 Å². The second-order valence-electron chi connectivity index (χ2n) is 5.59. The van der Waals surface area contributed by atoms with Crippen LogP contribution >= 0.6 is 11.3 Å². The minimum Gasteiger partial charge on any atom is -0.385 e. The Balaban J connectivity index is 1.89. The zero-order valence-electron chi connectivity index (χ0n) is 13.3. The van der Waals surface area contributed by atoms with Gasteiger partial charge >= 0.3 is 0 Å². The van der Waals surface area contributed by atoms with Gasteiger partial charge in [-0.1, -0.05) is 0 Å². The highest BCUT2D eigenvalue weighted by molar-refractivity contribution is 7.15. The molecule has 1 aromatic rings. The average molecular weight is 325 g/mol. The molecular formula is C15H23N3O3S. The van der Waals surface area contributed by atoms with Crippen molar-refractivity contribution in [3.8, 4) is 0 Å². The van der Waals surface area contributed by atoms with Gasteiger partial charge in [-0.15, -0.1) is 11.3 Å². The molecule has 7 heteroatoms. The monoisotopic (exact) mass is 325 g/mol. The van der Waals surface area contributed by atoms with Crippen LogP contribution in [-0.2, 0) is 14.3 Å². The number of anilines is 1. The zero-order valence-corrected chi connectivity index (χ0v) is 14.2. The van der Waals surface area contributed by atoms with Gasteiger partial charge in [0.2, 0.25) is 11.8 Å². The number of hydrogen-bond acceptors (Lipinski definition) is 5. The maximum atomic E-state index is 12.2. The van der Waals surface area contributed by atoms with E-state index in [1.807, 2.05) is 13.8 Å². The van der Waals surface area contributed by atoms with Crippen LogP contribution in [0.1, 0.15) is 29.8 Å². The lowest BCUT2D eigenvalue weighted by atomic mass is 10.3. The summed E-state index contributed by atoms with van der Waals surface area (Å²) in [7, 11) is 1.63. The Bertz CT molecular complexity index is 521. The molecule has 1 aromatic heterocycles. The van der Waals surface area contributed by atoms with Crippen LogP contribution in [0.4, 0.5) is 5.13 Å². The number of methoxy groups -OCH3 is 1. The molecular weight excluding hydrogens is 302 g/mol. The number of ether oxygens (including phenoxy) is 1. The Morgan fingerprint density at radius 1 is 1.41 bits per heavy atom. The molecule has 1 N–H and O–H groups in total. The molecule has 1 aliphatic carbocycles. The van der Waals surface area contributed by atoms with E-state index in [-0.39, 0.29) is 24.3 Å². The first-order valence-electron chi connectivity index (χ1n) is 7.53. The van der Waals surface area contributed by atoms with Gasteiger partial charge in [-0.05, 0) is 33.1 Å². The molecule has 0 saturated heterocycles. The topological polar surface area (TPSA) is 71.5 Å². The molecule has 2 rings (SSSR count). The van der Waals surface area contributed by atoms with Gasteiger partial charge < -0.3 is 15.0 Å². The molecule has 0 bridgehead atoms. The fraction of sp³-hybridized carbons (Fsp3) is 0.667. The number of amides is 2. The Hall–Kier alpha value is -1.47. The van der Waals surface area contributed by atoms with E-state index >= 15 is 0 Å². The fourth-order valence-electron chi connectivity index (χ4n) is 2.11. The van der Waals surface area contributed by atoms with Crippen LogP contribution in [0.5, 0.6) is 0 Å². The molecule has 1 saturated carbocycles. The second kappa shape index (κ2) is 7.69. The second-order valence-corrected chi connectivity index (χ2v) is 6.79. The first-order valence-corrected chi connectivity index (χ1v) is 8.34. The van der Waals surface area contributed by atoms with Crippen molar-refractivity contribution in [1.82, 2.24) is 9.88 Å². The van der Waals surface area contributed by atoms with Crippen molar-refractivity contribution in [3.05, 3.63) is 10.6 Å². The van der Waals surface area contributed by atoms with Crippen molar-refractivity contribution >= 4 is 28.3 Å². The number of rotatable bonds is 8. The molecule has 22 heavy (non-hydrogen) atoms. The van der Waals surface area contributed by atoms with Crippen molar-refractivity contribution in [2.75, 3.05) is 32.1 Å². The standard InChI is InChI=1S/C15H23N3O3S/c1-10-11(2)22-15(16-10)17-13(19)9-18(7-4-8-21-3)14(20)12-5-6-12/h12H,4-9H2,1-3H3,(H,16,17,19). The number of aromatic nitrogens is 1.